The van der Waals surface area contributed by atoms with Crippen molar-refractivity contribution in [2.24, 2.45) is 0 Å². The molecule has 0 saturated carbocycles. The third kappa shape index (κ3) is 2.49. The second-order valence-electron chi connectivity index (χ2n) is 3.92. The van der Waals surface area contributed by atoms with Gasteiger partial charge in [0.15, 0.2) is 3.77 Å². The summed E-state index contributed by atoms with van der Waals surface area (Å²) in [7, 11) is 0. The SMILES string of the molecule is CC1(NCc2ccc(I)o2)CCOC1. The Hall–Kier alpha value is -0.0700. The van der Waals surface area contributed by atoms with E-state index in [-0.39, 0.29) is 5.54 Å². The summed E-state index contributed by atoms with van der Waals surface area (Å²) >= 11 is 2.17. The lowest BCUT2D eigenvalue weighted by molar-refractivity contribution is 0.170. The van der Waals surface area contributed by atoms with Gasteiger partial charge in [-0.15, -0.1) is 0 Å². The van der Waals surface area contributed by atoms with Gasteiger partial charge in [0.1, 0.15) is 5.76 Å². The van der Waals surface area contributed by atoms with E-state index in [0.29, 0.717) is 0 Å². The first-order chi connectivity index (χ1) is 6.68. The molecule has 0 aliphatic carbocycles. The normalized spacial score (nSPS) is 27.0. The van der Waals surface area contributed by atoms with Crippen LogP contribution in [-0.4, -0.2) is 18.8 Å². The molecule has 1 N–H and O–H groups in total. The Morgan fingerprint density at radius 3 is 3.00 bits per heavy atom. The highest BCUT2D eigenvalue weighted by atomic mass is 127. The van der Waals surface area contributed by atoms with Gasteiger partial charge in [-0.1, -0.05) is 0 Å². The maximum absolute atomic E-state index is 5.47. The highest BCUT2D eigenvalue weighted by Gasteiger charge is 2.28. The summed E-state index contributed by atoms with van der Waals surface area (Å²) < 4.78 is 11.8. The first-order valence-electron chi connectivity index (χ1n) is 4.75. The van der Waals surface area contributed by atoms with Gasteiger partial charge in [0.05, 0.1) is 13.2 Å². The zero-order valence-corrected chi connectivity index (χ0v) is 10.3. The molecular weight excluding hydrogens is 293 g/mol. The molecule has 1 aliphatic heterocycles. The first-order valence-corrected chi connectivity index (χ1v) is 5.83. The van der Waals surface area contributed by atoms with E-state index < -0.39 is 0 Å². The average Bonchev–Trinajstić information content (AvgIpc) is 2.73. The third-order valence-electron chi connectivity index (χ3n) is 2.54. The van der Waals surface area contributed by atoms with Crippen molar-refractivity contribution in [2.75, 3.05) is 13.2 Å². The van der Waals surface area contributed by atoms with Gasteiger partial charge >= 0.3 is 0 Å². The van der Waals surface area contributed by atoms with E-state index in [1.54, 1.807) is 0 Å². The molecule has 1 aliphatic rings. The molecule has 2 rings (SSSR count). The van der Waals surface area contributed by atoms with E-state index in [4.69, 9.17) is 9.15 Å². The van der Waals surface area contributed by atoms with Gasteiger partial charge in [-0.25, -0.2) is 0 Å². The number of halogens is 1. The summed E-state index contributed by atoms with van der Waals surface area (Å²) in [6.07, 6.45) is 1.07. The van der Waals surface area contributed by atoms with Crippen molar-refractivity contribution in [1.82, 2.24) is 5.32 Å². The van der Waals surface area contributed by atoms with Gasteiger partial charge in [-0.2, -0.15) is 0 Å². The highest BCUT2D eigenvalue weighted by molar-refractivity contribution is 14.1. The largest absolute Gasteiger partial charge is 0.454 e. The van der Waals surface area contributed by atoms with E-state index in [9.17, 15) is 0 Å². The quantitative estimate of drug-likeness (QED) is 0.869. The average molecular weight is 307 g/mol. The molecule has 0 radical (unpaired) electrons. The molecule has 0 spiro atoms. The molecule has 14 heavy (non-hydrogen) atoms. The molecule has 1 saturated heterocycles. The van der Waals surface area contributed by atoms with Crippen molar-refractivity contribution in [3.63, 3.8) is 0 Å². The number of hydrogen-bond donors (Lipinski definition) is 1. The number of furan rings is 1. The van der Waals surface area contributed by atoms with Crippen molar-refractivity contribution in [2.45, 2.75) is 25.4 Å². The van der Waals surface area contributed by atoms with Crippen molar-refractivity contribution in [1.29, 1.82) is 0 Å². The lowest BCUT2D eigenvalue weighted by atomic mass is 10.0. The lowest BCUT2D eigenvalue weighted by Gasteiger charge is -2.22. The Bertz CT molecular complexity index is 305. The van der Waals surface area contributed by atoms with Crippen molar-refractivity contribution in [3.8, 4) is 0 Å². The Morgan fingerprint density at radius 2 is 2.43 bits per heavy atom. The van der Waals surface area contributed by atoms with Crippen molar-refractivity contribution < 1.29 is 9.15 Å². The van der Waals surface area contributed by atoms with Gasteiger partial charge < -0.3 is 14.5 Å². The summed E-state index contributed by atoms with van der Waals surface area (Å²) in [6.45, 7) is 4.63. The molecule has 0 amide bonds. The summed E-state index contributed by atoms with van der Waals surface area (Å²) in [6, 6.07) is 3.99. The van der Waals surface area contributed by atoms with Gasteiger partial charge in [-0.3, -0.25) is 0 Å². The van der Waals surface area contributed by atoms with Crippen LogP contribution in [0.4, 0.5) is 0 Å². The van der Waals surface area contributed by atoms with Crippen LogP contribution in [0.3, 0.4) is 0 Å². The van der Waals surface area contributed by atoms with Crippen LogP contribution in [0.2, 0.25) is 0 Å². The van der Waals surface area contributed by atoms with Crippen molar-refractivity contribution in [3.05, 3.63) is 21.7 Å². The van der Waals surface area contributed by atoms with Crippen LogP contribution in [0.5, 0.6) is 0 Å². The Balaban J connectivity index is 1.87. The van der Waals surface area contributed by atoms with Gasteiger partial charge in [0.25, 0.3) is 0 Å². The Morgan fingerprint density at radius 1 is 1.57 bits per heavy atom. The fourth-order valence-corrected chi connectivity index (χ4v) is 2.02. The topological polar surface area (TPSA) is 34.4 Å². The predicted octanol–water partition coefficient (Wildman–Crippen LogP) is 2.15. The van der Waals surface area contributed by atoms with Gasteiger partial charge in [-0.05, 0) is 48.1 Å². The third-order valence-corrected chi connectivity index (χ3v) is 3.12. The van der Waals surface area contributed by atoms with Crippen LogP contribution in [0.15, 0.2) is 16.5 Å². The van der Waals surface area contributed by atoms with Gasteiger partial charge in [0.2, 0.25) is 0 Å². The smallest absolute Gasteiger partial charge is 0.164 e. The van der Waals surface area contributed by atoms with Crippen LogP contribution in [-0.2, 0) is 11.3 Å². The van der Waals surface area contributed by atoms with Crippen LogP contribution < -0.4 is 5.32 Å². The summed E-state index contributed by atoms with van der Waals surface area (Å²) in [5.41, 5.74) is 0.123. The molecule has 4 heteroatoms. The van der Waals surface area contributed by atoms with Gasteiger partial charge in [0, 0.05) is 12.1 Å². The number of nitrogens with one attached hydrogen (secondary N) is 1. The maximum atomic E-state index is 5.47. The van der Waals surface area contributed by atoms with E-state index >= 15 is 0 Å². The first kappa shape index (κ1) is 10.4. The fourth-order valence-electron chi connectivity index (χ4n) is 1.55. The summed E-state index contributed by atoms with van der Waals surface area (Å²) in [4.78, 5) is 0. The second-order valence-corrected chi connectivity index (χ2v) is 4.99. The number of rotatable bonds is 3. The minimum Gasteiger partial charge on any atom is -0.454 e. The van der Waals surface area contributed by atoms with Crippen LogP contribution in [0.25, 0.3) is 0 Å². The van der Waals surface area contributed by atoms with E-state index in [0.717, 1.165) is 35.7 Å². The van der Waals surface area contributed by atoms with Crippen LogP contribution in [0.1, 0.15) is 19.1 Å². The molecule has 0 aromatic carbocycles. The maximum Gasteiger partial charge on any atom is 0.164 e. The highest BCUT2D eigenvalue weighted by Crippen LogP contribution is 2.18. The minimum absolute atomic E-state index is 0.123. The molecular formula is C10H14INO2. The summed E-state index contributed by atoms with van der Waals surface area (Å²) in [5, 5.41) is 3.47. The monoisotopic (exact) mass is 307 g/mol. The zero-order chi connectivity index (χ0) is 10.0. The molecule has 1 aromatic heterocycles. The van der Waals surface area contributed by atoms with E-state index in [1.165, 1.54) is 0 Å². The van der Waals surface area contributed by atoms with Crippen molar-refractivity contribution >= 4 is 22.6 Å². The molecule has 3 nitrogen and oxygen atoms in total. The molecule has 1 fully saturated rings. The summed E-state index contributed by atoms with van der Waals surface area (Å²) in [5.74, 6) is 0.988. The van der Waals surface area contributed by atoms with E-state index in [2.05, 4.69) is 34.8 Å². The predicted molar refractivity (Wildman–Crippen MR) is 62.1 cm³/mol. The molecule has 1 atom stereocenters. The number of hydrogen-bond acceptors (Lipinski definition) is 3. The molecule has 2 heterocycles. The molecule has 1 unspecified atom stereocenters. The zero-order valence-electron chi connectivity index (χ0n) is 8.18. The van der Waals surface area contributed by atoms with Crippen LogP contribution >= 0.6 is 22.6 Å². The van der Waals surface area contributed by atoms with E-state index in [1.807, 2.05) is 12.1 Å². The second kappa shape index (κ2) is 4.20. The lowest BCUT2D eigenvalue weighted by Crippen LogP contribution is -2.42. The molecule has 78 valence electrons. The fraction of sp³-hybridized carbons (Fsp3) is 0.600. The Labute approximate surface area is 97.3 Å². The molecule has 1 aromatic rings. The van der Waals surface area contributed by atoms with Crippen LogP contribution in [0, 0.1) is 3.77 Å². The molecule has 0 bridgehead atoms. The number of ether oxygens (including phenoxy) is 1. The minimum atomic E-state index is 0.123. The Kier molecular flexibility index (Phi) is 3.14. The standard InChI is InChI=1S/C10H14INO2/c1-10(4-5-13-7-10)12-6-8-2-3-9(11)14-8/h2-3,12H,4-7H2,1H3.